The minimum absolute atomic E-state index is 0.214. The second-order valence-electron chi connectivity index (χ2n) is 3.23. The van der Waals surface area contributed by atoms with Crippen molar-refractivity contribution in [3.63, 3.8) is 0 Å². The number of aryl methyl sites for hydroxylation is 1. The molecule has 0 aliphatic carbocycles. The van der Waals surface area contributed by atoms with Gasteiger partial charge in [-0.15, -0.1) is 0 Å². The van der Waals surface area contributed by atoms with E-state index in [1.54, 1.807) is 13.0 Å². The SMILES string of the molecule is Cc1cc(Cl)c(NS(=O)(=O)CCO)cc1Cl. The summed E-state index contributed by atoms with van der Waals surface area (Å²) >= 11 is 11.7. The van der Waals surface area contributed by atoms with Crippen LogP contribution in [0.1, 0.15) is 5.56 Å². The van der Waals surface area contributed by atoms with Crippen LogP contribution in [0.4, 0.5) is 5.69 Å². The van der Waals surface area contributed by atoms with E-state index in [2.05, 4.69) is 4.72 Å². The highest BCUT2D eigenvalue weighted by Crippen LogP contribution is 2.29. The Morgan fingerprint density at radius 1 is 1.31 bits per heavy atom. The van der Waals surface area contributed by atoms with Gasteiger partial charge >= 0.3 is 0 Å². The largest absolute Gasteiger partial charge is 0.395 e. The summed E-state index contributed by atoms with van der Waals surface area (Å²) in [6, 6.07) is 3.01. The molecule has 1 rings (SSSR count). The van der Waals surface area contributed by atoms with Crippen molar-refractivity contribution in [2.45, 2.75) is 6.92 Å². The van der Waals surface area contributed by atoms with Gasteiger partial charge in [-0.25, -0.2) is 8.42 Å². The number of rotatable bonds is 4. The Bertz CT molecular complexity index is 488. The van der Waals surface area contributed by atoms with Gasteiger partial charge in [-0.3, -0.25) is 4.72 Å². The zero-order valence-electron chi connectivity index (χ0n) is 8.50. The van der Waals surface area contributed by atoms with Crippen LogP contribution in [0.3, 0.4) is 0 Å². The summed E-state index contributed by atoms with van der Waals surface area (Å²) in [5.41, 5.74) is 0.975. The summed E-state index contributed by atoms with van der Waals surface area (Å²) in [6.07, 6.45) is 0. The lowest BCUT2D eigenvalue weighted by Gasteiger charge is -2.10. The topological polar surface area (TPSA) is 66.4 Å². The minimum Gasteiger partial charge on any atom is -0.395 e. The maximum atomic E-state index is 11.4. The number of anilines is 1. The number of aliphatic hydroxyl groups excluding tert-OH is 1. The van der Waals surface area contributed by atoms with Crippen LogP contribution in [-0.4, -0.2) is 25.9 Å². The average Bonchev–Trinajstić information content (AvgIpc) is 2.13. The van der Waals surface area contributed by atoms with E-state index >= 15 is 0 Å². The summed E-state index contributed by atoms with van der Waals surface area (Å²) in [7, 11) is -3.58. The van der Waals surface area contributed by atoms with E-state index in [-0.39, 0.29) is 16.5 Å². The summed E-state index contributed by atoms with van der Waals surface area (Å²) < 4.78 is 25.0. The second-order valence-corrected chi connectivity index (χ2v) is 5.88. The number of hydrogen-bond donors (Lipinski definition) is 2. The van der Waals surface area contributed by atoms with Gasteiger partial charge in [-0.2, -0.15) is 0 Å². The Hall–Kier alpha value is -0.490. The first-order chi connectivity index (χ1) is 7.35. The predicted molar refractivity (Wildman–Crippen MR) is 65.7 cm³/mol. The molecule has 0 heterocycles. The molecule has 1 aromatic carbocycles. The molecule has 0 radical (unpaired) electrons. The lowest BCUT2D eigenvalue weighted by Crippen LogP contribution is -2.19. The van der Waals surface area contributed by atoms with Crippen LogP contribution < -0.4 is 4.72 Å². The van der Waals surface area contributed by atoms with Gasteiger partial charge < -0.3 is 5.11 Å². The lowest BCUT2D eigenvalue weighted by atomic mass is 10.2. The van der Waals surface area contributed by atoms with Crippen LogP contribution in [0.15, 0.2) is 12.1 Å². The first-order valence-corrected chi connectivity index (χ1v) is 6.83. The van der Waals surface area contributed by atoms with Gasteiger partial charge in [0.2, 0.25) is 10.0 Å². The Morgan fingerprint density at radius 2 is 1.94 bits per heavy atom. The molecule has 0 aromatic heterocycles. The third-order valence-corrected chi connectivity index (χ3v) is 3.84. The summed E-state index contributed by atoms with van der Waals surface area (Å²) in [6.45, 7) is 1.31. The molecule has 0 saturated heterocycles. The second kappa shape index (κ2) is 5.23. The van der Waals surface area contributed by atoms with Gasteiger partial charge in [0.05, 0.1) is 23.1 Å². The Morgan fingerprint density at radius 3 is 2.50 bits per heavy atom. The lowest BCUT2D eigenvalue weighted by molar-refractivity contribution is 0.320. The van der Waals surface area contributed by atoms with Crippen molar-refractivity contribution < 1.29 is 13.5 Å². The van der Waals surface area contributed by atoms with Gasteiger partial charge in [0.15, 0.2) is 0 Å². The van der Waals surface area contributed by atoms with Gasteiger partial charge in [0.25, 0.3) is 0 Å². The predicted octanol–water partition coefficient (Wildman–Crippen LogP) is 2.04. The molecule has 0 spiro atoms. The van der Waals surface area contributed by atoms with Crippen LogP contribution in [0, 0.1) is 6.92 Å². The fraction of sp³-hybridized carbons (Fsp3) is 0.333. The van der Waals surface area contributed by atoms with Crippen LogP contribution in [0.5, 0.6) is 0 Å². The molecule has 0 amide bonds. The van der Waals surface area contributed by atoms with Crippen molar-refractivity contribution >= 4 is 38.9 Å². The number of hydrogen-bond acceptors (Lipinski definition) is 3. The van der Waals surface area contributed by atoms with Gasteiger partial charge in [0.1, 0.15) is 0 Å². The summed E-state index contributed by atoms with van der Waals surface area (Å²) in [5, 5.41) is 9.26. The maximum Gasteiger partial charge on any atom is 0.235 e. The van der Waals surface area contributed by atoms with E-state index in [9.17, 15) is 8.42 Å². The van der Waals surface area contributed by atoms with Gasteiger partial charge in [-0.1, -0.05) is 23.2 Å². The van der Waals surface area contributed by atoms with Crippen molar-refractivity contribution in [1.29, 1.82) is 0 Å². The number of sulfonamides is 1. The molecule has 16 heavy (non-hydrogen) atoms. The van der Waals surface area contributed by atoms with Crippen molar-refractivity contribution in [3.8, 4) is 0 Å². The fourth-order valence-electron chi connectivity index (χ4n) is 1.06. The van der Waals surface area contributed by atoms with E-state index in [1.165, 1.54) is 6.07 Å². The molecule has 0 atom stereocenters. The van der Waals surface area contributed by atoms with E-state index in [1.807, 2.05) is 0 Å². The van der Waals surface area contributed by atoms with E-state index in [0.717, 1.165) is 5.56 Å². The third kappa shape index (κ3) is 3.52. The summed E-state index contributed by atoms with van der Waals surface area (Å²) in [4.78, 5) is 0. The molecule has 0 aliphatic heterocycles. The third-order valence-electron chi connectivity index (χ3n) is 1.87. The number of aliphatic hydroxyl groups is 1. The average molecular weight is 284 g/mol. The zero-order chi connectivity index (χ0) is 12.3. The number of halogens is 2. The smallest absolute Gasteiger partial charge is 0.235 e. The molecule has 7 heteroatoms. The quantitative estimate of drug-likeness (QED) is 0.889. The molecule has 1 aromatic rings. The maximum absolute atomic E-state index is 11.4. The van der Waals surface area contributed by atoms with Gasteiger partial charge in [-0.05, 0) is 24.6 Å². The molecular formula is C9H11Cl2NO3S. The monoisotopic (exact) mass is 283 g/mol. The Kier molecular flexibility index (Phi) is 4.43. The molecule has 0 unspecified atom stereocenters. The number of nitrogens with one attached hydrogen (secondary N) is 1. The van der Waals surface area contributed by atoms with E-state index in [0.29, 0.717) is 5.02 Å². The molecule has 4 nitrogen and oxygen atoms in total. The highest BCUT2D eigenvalue weighted by molar-refractivity contribution is 7.92. The molecule has 0 saturated carbocycles. The highest BCUT2D eigenvalue weighted by Gasteiger charge is 2.13. The normalized spacial score (nSPS) is 11.5. The molecule has 0 bridgehead atoms. The summed E-state index contributed by atoms with van der Waals surface area (Å²) in [5.74, 6) is -0.380. The first kappa shape index (κ1) is 13.6. The van der Waals surface area contributed by atoms with Crippen molar-refractivity contribution in [2.75, 3.05) is 17.1 Å². The molecule has 0 fully saturated rings. The fourth-order valence-corrected chi connectivity index (χ4v) is 2.39. The molecular weight excluding hydrogens is 273 g/mol. The van der Waals surface area contributed by atoms with Crippen molar-refractivity contribution in [1.82, 2.24) is 0 Å². The number of benzene rings is 1. The van der Waals surface area contributed by atoms with Gasteiger partial charge in [0, 0.05) is 5.02 Å². The Labute approximate surface area is 104 Å². The zero-order valence-corrected chi connectivity index (χ0v) is 10.8. The molecule has 2 N–H and O–H groups in total. The van der Waals surface area contributed by atoms with Crippen LogP contribution in [-0.2, 0) is 10.0 Å². The Balaban J connectivity index is 3.03. The molecule has 90 valence electrons. The minimum atomic E-state index is -3.58. The van der Waals surface area contributed by atoms with Crippen molar-refractivity contribution in [3.05, 3.63) is 27.7 Å². The highest BCUT2D eigenvalue weighted by atomic mass is 35.5. The van der Waals surface area contributed by atoms with Crippen molar-refractivity contribution in [2.24, 2.45) is 0 Å². The van der Waals surface area contributed by atoms with E-state index < -0.39 is 16.6 Å². The van der Waals surface area contributed by atoms with Crippen LogP contribution >= 0.6 is 23.2 Å². The molecule has 0 aliphatic rings. The van der Waals surface area contributed by atoms with Crippen LogP contribution in [0.2, 0.25) is 10.0 Å². The first-order valence-electron chi connectivity index (χ1n) is 4.43. The standard InChI is InChI=1S/C9H11Cl2NO3S/c1-6-4-8(11)9(5-7(6)10)12-16(14,15)3-2-13/h4-5,12-13H,2-3H2,1H3. The van der Waals surface area contributed by atoms with E-state index in [4.69, 9.17) is 28.3 Å². The van der Waals surface area contributed by atoms with Crippen LogP contribution in [0.25, 0.3) is 0 Å².